The van der Waals surface area contributed by atoms with Crippen LogP contribution in [0.2, 0.25) is 0 Å². The average molecular weight is 284 g/mol. The van der Waals surface area contributed by atoms with Crippen molar-refractivity contribution in [3.8, 4) is 0 Å². The summed E-state index contributed by atoms with van der Waals surface area (Å²) in [5, 5.41) is 6.02. The van der Waals surface area contributed by atoms with Crippen molar-refractivity contribution in [1.29, 1.82) is 0 Å². The van der Waals surface area contributed by atoms with Crippen LogP contribution in [0.15, 0.2) is 42.7 Å². The van der Waals surface area contributed by atoms with Gasteiger partial charge in [0.15, 0.2) is 0 Å². The summed E-state index contributed by atoms with van der Waals surface area (Å²) in [6.45, 7) is 4.95. The van der Waals surface area contributed by atoms with E-state index in [9.17, 15) is 4.79 Å². The van der Waals surface area contributed by atoms with Crippen molar-refractivity contribution in [3.63, 3.8) is 0 Å². The number of aryl methyl sites for hydroxylation is 1. The fourth-order valence-electron chi connectivity index (χ4n) is 2.08. The monoisotopic (exact) mass is 284 g/mol. The molecular formula is C16H20N4O. The van der Waals surface area contributed by atoms with Crippen LogP contribution in [-0.2, 0) is 6.54 Å². The molecule has 0 saturated heterocycles. The summed E-state index contributed by atoms with van der Waals surface area (Å²) in [6, 6.07) is 9.31. The van der Waals surface area contributed by atoms with Gasteiger partial charge in [0.25, 0.3) is 0 Å². The second kappa shape index (κ2) is 6.85. The van der Waals surface area contributed by atoms with Crippen LogP contribution in [0.3, 0.4) is 0 Å². The smallest absolute Gasteiger partial charge is 0.316 e. The highest BCUT2D eigenvalue weighted by molar-refractivity contribution is 5.87. The Labute approximate surface area is 124 Å². The Kier molecular flexibility index (Phi) is 4.90. The third-order valence-corrected chi connectivity index (χ3v) is 3.41. The van der Waals surface area contributed by atoms with Crippen LogP contribution in [0.5, 0.6) is 0 Å². The third kappa shape index (κ3) is 4.29. The van der Waals surface area contributed by atoms with E-state index in [1.807, 2.05) is 36.5 Å². The van der Waals surface area contributed by atoms with Gasteiger partial charge in [-0.3, -0.25) is 4.98 Å². The second-order valence-corrected chi connectivity index (χ2v) is 5.02. The summed E-state index contributed by atoms with van der Waals surface area (Å²) in [7, 11) is 0. The number of carbonyl (C=O) groups excluding carboxylic acids is 1. The Morgan fingerprint density at radius 3 is 2.62 bits per heavy atom. The molecule has 2 amide bonds. The SMILES string of the molecule is Cc1cnccc1CNC(C)c1ccc(NC(N)=O)cc1. The number of nitrogens with zero attached hydrogens (tertiary/aromatic N) is 1. The van der Waals surface area contributed by atoms with E-state index in [4.69, 9.17) is 5.73 Å². The molecule has 1 aromatic heterocycles. The topological polar surface area (TPSA) is 80.0 Å². The maximum Gasteiger partial charge on any atom is 0.316 e. The zero-order valence-corrected chi connectivity index (χ0v) is 12.3. The van der Waals surface area contributed by atoms with Gasteiger partial charge in [0.2, 0.25) is 0 Å². The lowest BCUT2D eigenvalue weighted by atomic mass is 10.1. The largest absolute Gasteiger partial charge is 0.351 e. The zero-order valence-electron chi connectivity index (χ0n) is 12.3. The van der Waals surface area contributed by atoms with E-state index >= 15 is 0 Å². The van der Waals surface area contributed by atoms with Gasteiger partial charge in [-0.1, -0.05) is 12.1 Å². The standard InChI is InChI=1S/C16H20N4O/c1-11-9-18-8-7-14(11)10-19-12(2)13-3-5-15(6-4-13)20-16(17)21/h3-9,12,19H,10H2,1-2H3,(H3,17,20,21). The maximum atomic E-state index is 10.8. The molecule has 21 heavy (non-hydrogen) atoms. The number of hydrogen-bond donors (Lipinski definition) is 3. The van der Waals surface area contributed by atoms with Gasteiger partial charge in [-0.05, 0) is 48.7 Å². The molecule has 4 N–H and O–H groups in total. The molecule has 2 rings (SSSR count). The number of nitrogens with one attached hydrogen (secondary N) is 2. The predicted octanol–water partition coefficient (Wildman–Crippen LogP) is 2.73. The van der Waals surface area contributed by atoms with Crippen molar-refractivity contribution in [1.82, 2.24) is 10.3 Å². The molecule has 2 aromatic rings. The molecule has 0 spiro atoms. The molecule has 1 aromatic carbocycles. The van der Waals surface area contributed by atoms with Gasteiger partial charge in [-0.25, -0.2) is 4.79 Å². The van der Waals surface area contributed by atoms with Crippen LogP contribution in [0.1, 0.15) is 29.7 Å². The van der Waals surface area contributed by atoms with Crippen molar-refractivity contribution in [2.75, 3.05) is 5.32 Å². The van der Waals surface area contributed by atoms with Gasteiger partial charge >= 0.3 is 6.03 Å². The fraction of sp³-hybridized carbons (Fsp3) is 0.250. The highest BCUT2D eigenvalue weighted by Gasteiger charge is 2.06. The highest BCUT2D eigenvalue weighted by Crippen LogP contribution is 2.17. The maximum absolute atomic E-state index is 10.8. The molecule has 1 heterocycles. The highest BCUT2D eigenvalue weighted by atomic mass is 16.2. The number of carbonyl (C=O) groups is 1. The Morgan fingerprint density at radius 1 is 1.29 bits per heavy atom. The van der Waals surface area contributed by atoms with E-state index in [-0.39, 0.29) is 6.04 Å². The van der Waals surface area contributed by atoms with Crippen molar-refractivity contribution >= 4 is 11.7 Å². The molecule has 1 atom stereocenters. The quantitative estimate of drug-likeness (QED) is 0.789. The molecular weight excluding hydrogens is 264 g/mol. The molecule has 0 fully saturated rings. The number of urea groups is 1. The van der Waals surface area contributed by atoms with Crippen LogP contribution >= 0.6 is 0 Å². The normalized spacial score (nSPS) is 11.9. The minimum absolute atomic E-state index is 0.209. The molecule has 0 aliphatic rings. The molecule has 0 aliphatic carbocycles. The first kappa shape index (κ1) is 15.0. The number of primary amides is 1. The predicted molar refractivity (Wildman–Crippen MR) is 83.9 cm³/mol. The van der Waals surface area contributed by atoms with Crippen LogP contribution in [0, 0.1) is 6.92 Å². The lowest BCUT2D eigenvalue weighted by Gasteiger charge is -2.15. The van der Waals surface area contributed by atoms with Crippen molar-refractivity contribution in [2.24, 2.45) is 5.73 Å². The number of anilines is 1. The van der Waals surface area contributed by atoms with Crippen LogP contribution in [0.25, 0.3) is 0 Å². The first-order chi connectivity index (χ1) is 10.1. The molecule has 0 aliphatic heterocycles. The fourth-order valence-corrected chi connectivity index (χ4v) is 2.08. The van der Waals surface area contributed by atoms with Gasteiger partial charge in [0.1, 0.15) is 0 Å². The molecule has 110 valence electrons. The Hall–Kier alpha value is -2.40. The Balaban J connectivity index is 1.95. The van der Waals surface area contributed by atoms with E-state index in [1.54, 1.807) is 6.20 Å². The molecule has 0 radical (unpaired) electrons. The molecule has 5 heteroatoms. The van der Waals surface area contributed by atoms with Crippen molar-refractivity contribution in [3.05, 3.63) is 59.4 Å². The van der Waals surface area contributed by atoms with E-state index in [0.717, 1.165) is 12.1 Å². The van der Waals surface area contributed by atoms with Crippen LogP contribution in [-0.4, -0.2) is 11.0 Å². The summed E-state index contributed by atoms with van der Waals surface area (Å²) >= 11 is 0. The van der Waals surface area contributed by atoms with Crippen molar-refractivity contribution in [2.45, 2.75) is 26.4 Å². The summed E-state index contributed by atoms with van der Waals surface area (Å²) in [4.78, 5) is 14.9. The summed E-state index contributed by atoms with van der Waals surface area (Å²) in [5.74, 6) is 0. The molecule has 0 bridgehead atoms. The van der Waals surface area contributed by atoms with E-state index < -0.39 is 6.03 Å². The molecule has 0 saturated carbocycles. The number of pyridine rings is 1. The number of nitrogens with two attached hydrogens (primary N) is 1. The zero-order chi connectivity index (χ0) is 15.2. The lowest BCUT2D eigenvalue weighted by Crippen LogP contribution is -2.20. The minimum Gasteiger partial charge on any atom is -0.351 e. The summed E-state index contributed by atoms with van der Waals surface area (Å²) in [5.41, 5.74) is 9.35. The van der Waals surface area contributed by atoms with Crippen LogP contribution in [0.4, 0.5) is 10.5 Å². The lowest BCUT2D eigenvalue weighted by molar-refractivity contribution is 0.259. The number of benzene rings is 1. The van der Waals surface area contributed by atoms with E-state index in [2.05, 4.69) is 29.5 Å². The first-order valence-corrected chi connectivity index (χ1v) is 6.85. The minimum atomic E-state index is -0.554. The first-order valence-electron chi connectivity index (χ1n) is 6.85. The van der Waals surface area contributed by atoms with Crippen molar-refractivity contribution < 1.29 is 4.79 Å². The number of rotatable bonds is 5. The van der Waals surface area contributed by atoms with E-state index in [1.165, 1.54) is 11.1 Å². The van der Waals surface area contributed by atoms with Gasteiger partial charge in [-0.15, -0.1) is 0 Å². The third-order valence-electron chi connectivity index (χ3n) is 3.41. The number of amides is 2. The average Bonchev–Trinajstić information content (AvgIpc) is 2.46. The number of hydrogen-bond acceptors (Lipinski definition) is 3. The van der Waals surface area contributed by atoms with E-state index in [0.29, 0.717) is 5.69 Å². The summed E-state index contributed by atoms with van der Waals surface area (Å²) < 4.78 is 0. The number of aromatic nitrogens is 1. The Morgan fingerprint density at radius 2 is 2.00 bits per heavy atom. The molecule has 1 unspecified atom stereocenters. The summed E-state index contributed by atoms with van der Waals surface area (Å²) in [6.07, 6.45) is 3.67. The second-order valence-electron chi connectivity index (χ2n) is 5.02. The van der Waals surface area contributed by atoms with Gasteiger partial charge < -0.3 is 16.4 Å². The van der Waals surface area contributed by atoms with Gasteiger partial charge in [-0.2, -0.15) is 0 Å². The van der Waals surface area contributed by atoms with Crippen LogP contribution < -0.4 is 16.4 Å². The van der Waals surface area contributed by atoms with Gasteiger partial charge in [0.05, 0.1) is 0 Å². The Bertz CT molecular complexity index is 610. The van der Waals surface area contributed by atoms with Gasteiger partial charge in [0, 0.05) is 30.7 Å². The molecule has 5 nitrogen and oxygen atoms in total.